The van der Waals surface area contributed by atoms with E-state index in [2.05, 4.69) is 5.32 Å². The number of nitrogens with one attached hydrogen (secondary N) is 1. The summed E-state index contributed by atoms with van der Waals surface area (Å²) >= 11 is 0. The Morgan fingerprint density at radius 2 is 2.00 bits per heavy atom. The first-order chi connectivity index (χ1) is 7.63. The zero-order valence-corrected chi connectivity index (χ0v) is 10.0. The molecule has 1 rings (SSSR count). The van der Waals surface area contributed by atoms with E-state index in [1.54, 1.807) is 24.3 Å². The Kier molecular flexibility index (Phi) is 4.98. The van der Waals surface area contributed by atoms with Gasteiger partial charge in [-0.15, -0.1) is 0 Å². The molecule has 88 valence electrons. The van der Waals surface area contributed by atoms with E-state index in [1.165, 1.54) is 0 Å². The van der Waals surface area contributed by atoms with Crippen molar-refractivity contribution in [1.29, 1.82) is 0 Å². The van der Waals surface area contributed by atoms with Gasteiger partial charge in [0, 0.05) is 29.3 Å². The molecule has 1 unspecified atom stereocenters. The molecule has 1 aromatic rings. The molecule has 0 aliphatic rings. The fraction of sp³-hybridized carbons (Fsp3) is 0.364. The van der Waals surface area contributed by atoms with E-state index in [0.717, 1.165) is 0 Å². The predicted molar refractivity (Wildman–Crippen MR) is 65.4 cm³/mol. The highest BCUT2D eigenvalue weighted by Gasteiger charge is 2.06. The van der Waals surface area contributed by atoms with E-state index in [-0.39, 0.29) is 12.3 Å². The Morgan fingerprint density at radius 1 is 1.38 bits per heavy atom. The number of amides is 1. The SMILES string of the molecule is CCNC(=O)CCS(=O)c1ccc(N)cc1. The molecular weight excluding hydrogens is 224 g/mol. The van der Waals surface area contributed by atoms with Crippen molar-refractivity contribution in [2.24, 2.45) is 0 Å². The summed E-state index contributed by atoms with van der Waals surface area (Å²) in [6.07, 6.45) is 0.283. The Balaban J connectivity index is 2.47. The molecule has 1 aromatic carbocycles. The molecule has 1 atom stereocenters. The Labute approximate surface area is 97.7 Å². The fourth-order valence-electron chi connectivity index (χ4n) is 1.21. The van der Waals surface area contributed by atoms with Crippen LogP contribution < -0.4 is 11.1 Å². The Hall–Kier alpha value is -1.36. The average molecular weight is 240 g/mol. The van der Waals surface area contributed by atoms with Crippen LogP contribution in [-0.2, 0) is 15.6 Å². The van der Waals surface area contributed by atoms with E-state index in [0.29, 0.717) is 22.9 Å². The third kappa shape index (κ3) is 4.02. The lowest BCUT2D eigenvalue weighted by Crippen LogP contribution is -2.24. The van der Waals surface area contributed by atoms with Crippen LogP contribution in [0.1, 0.15) is 13.3 Å². The first-order valence-corrected chi connectivity index (χ1v) is 6.46. The van der Waals surface area contributed by atoms with Crippen LogP contribution in [0.25, 0.3) is 0 Å². The number of carbonyl (C=O) groups is 1. The lowest BCUT2D eigenvalue weighted by atomic mass is 10.3. The third-order valence-electron chi connectivity index (χ3n) is 2.03. The lowest BCUT2D eigenvalue weighted by molar-refractivity contribution is -0.120. The normalized spacial score (nSPS) is 12.1. The van der Waals surface area contributed by atoms with Gasteiger partial charge in [0.05, 0.1) is 10.8 Å². The number of hydrogen-bond acceptors (Lipinski definition) is 3. The van der Waals surface area contributed by atoms with E-state index >= 15 is 0 Å². The maximum Gasteiger partial charge on any atom is 0.220 e. The summed E-state index contributed by atoms with van der Waals surface area (Å²) in [5.41, 5.74) is 6.17. The van der Waals surface area contributed by atoms with Gasteiger partial charge in [-0.05, 0) is 31.2 Å². The molecule has 0 radical (unpaired) electrons. The van der Waals surface area contributed by atoms with Gasteiger partial charge in [-0.25, -0.2) is 0 Å². The van der Waals surface area contributed by atoms with Crippen molar-refractivity contribution in [3.63, 3.8) is 0 Å². The monoisotopic (exact) mass is 240 g/mol. The molecule has 3 N–H and O–H groups in total. The maximum atomic E-state index is 11.8. The van der Waals surface area contributed by atoms with Crippen molar-refractivity contribution in [1.82, 2.24) is 5.32 Å². The van der Waals surface area contributed by atoms with Gasteiger partial charge in [0.2, 0.25) is 5.91 Å². The molecule has 5 heteroatoms. The second-order valence-corrected chi connectivity index (χ2v) is 4.89. The van der Waals surface area contributed by atoms with Crippen LogP contribution in [0.5, 0.6) is 0 Å². The number of nitrogens with two attached hydrogens (primary N) is 1. The molecule has 4 nitrogen and oxygen atoms in total. The molecule has 0 saturated heterocycles. The lowest BCUT2D eigenvalue weighted by Gasteiger charge is -2.03. The number of rotatable bonds is 5. The molecule has 1 amide bonds. The topological polar surface area (TPSA) is 72.2 Å². The highest BCUT2D eigenvalue weighted by atomic mass is 32.2. The number of hydrogen-bond donors (Lipinski definition) is 2. The quantitative estimate of drug-likeness (QED) is 0.751. The molecule has 0 aliphatic carbocycles. The Bertz CT molecular complexity index is 376. The minimum absolute atomic E-state index is 0.0636. The second-order valence-electron chi connectivity index (χ2n) is 3.32. The van der Waals surface area contributed by atoms with Gasteiger partial charge < -0.3 is 11.1 Å². The van der Waals surface area contributed by atoms with Crippen LogP contribution in [0, 0.1) is 0 Å². The summed E-state index contributed by atoms with van der Waals surface area (Å²) in [6, 6.07) is 6.87. The summed E-state index contributed by atoms with van der Waals surface area (Å²) in [5, 5.41) is 2.67. The highest BCUT2D eigenvalue weighted by Crippen LogP contribution is 2.10. The number of carbonyl (C=O) groups excluding carboxylic acids is 1. The van der Waals surface area contributed by atoms with Crippen molar-refractivity contribution in [3.8, 4) is 0 Å². The number of benzene rings is 1. The molecule has 0 bridgehead atoms. The van der Waals surface area contributed by atoms with Crippen LogP contribution in [0.4, 0.5) is 5.69 Å². The molecule has 0 aliphatic heterocycles. The zero-order chi connectivity index (χ0) is 12.0. The average Bonchev–Trinajstić information content (AvgIpc) is 2.27. The molecular formula is C11H16N2O2S. The molecule has 0 heterocycles. The predicted octanol–water partition coefficient (Wildman–Crippen LogP) is 0.903. The van der Waals surface area contributed by atoms with Gasteiger partial charge in [0.15, 0.2) is 0 Å². The third-order valence-corrected chi connectivity index (χ3v) is 3.40. The molecule has 16 heavy (non-hydrogen) atoms. The summed E-state index contributed by atoms with van der Waals surface area (Å²) in [5.74, 6) is 0.279. The minimum Gasteiger partial charge on any atom is -0.399 e. The van der Waals surface area contributed by atoms with Crippen molar-refractivity contribution >= 4 is 22.4 Å². The largest absolute Gasteiger partial charge is 0.399 e. The van der Waals surface area contributed by atoms with E-state index < -0.39 is 10.8 Å². The van der Waals surface area contributed by atoms with Crippen LogP contribution in [-0.4, -0.2) is 22.4 Å². The van der Waals surface area contributed by atoms with E-state index in [4.69, 9.17) is 5.73 Å². The molecule has 0 saturated carbocycles. The molecule has 0 aromatic heterocycles. The first-order valence-electron chi connectivity index (χ1n) is 5.14. The van der Waals surface area contributed by atoms with Gasteiger partial charge in [-0.2, -0.15) is 0 Å². The smallest absolute Gasteiger partial charge is 0.220 e. The highest BCUT2D eigenvalue weighted by molar-refractivity contribution is 7.85. The summed E-state index contributed by atoms with van der Waals surface area (Å²) < 4.78 is 11.8. The van der Waals surface area contributed by atoms with Crippen molar-refractivity contribution < 1.29 is 9.00 Å². The van der Waals surface area contributed by atoms with Gasteiger partial charge in [-0.3, -0.25) is 9.00 Å². The van der Waals surface area contributed by atoms with Crippen molar-refractivity contribution in [2.45, 2.75) is 18.2 Å². The molecule has 0 fully saturated rings. The Morgan fingerprint density at radius 3 is 2.56 bits per heavy atom. The van der Waals surface area contributed by atoms with Crippen LogP contribution >= 0.6 is 0 Å². The van der Waals surface area contributed by atoms with Gasteiger partial charge in [-0.1, -0.05) is 0 Å². The number of anilines is 1. The van der Waals surface area contributed by atoms with E-state index in [9.17, 15) is 9.00 Å². The van der Waals surface area contributed by atoms with Crippen molar-refractivity contribution in [2.75, 3.05) is 18.0 Å². The van der Waals surface area contributed by atoms with Gasteiger partial charge in [0.1, 0.15) is 0 Å². The van der Waals surface area contributed by atoms with Crippen LogP contribution in [0.2, 0.25) is 0 Å². The van der Waals surface area contributed by atoms with Crippen LogP contribution in [0.3, 0.4) is 0 Å². The van der Waals surface area contributed by atoms with Gasteiger partial charge in [0.25, 0.3) is 0 Å². The zero-order valence-electron chi connectivity index (χ0n) is 9.23. The first kappa shape index (κ1) is 12.7. The fourth-order valence-corrected chi connectivity index (χ4v) is 2.25. The van der Waals surface area contributed by atoms with Gasteiger partial charge >= 0.3 is 0 Å². The maximum absolute atomic E-state index is 11.8. The summed E-state index contributed by atoms with van der Waals surface area (Å²) in [6.45, 7) is 2.46. The van der Waals surface area contributed by atoms with Crippen molar-refractivity contribution in [3.05, 3.63) is 24.3 Å². The second kappa shape index (κ2) is 6.27. The number of nitrogen functional groups attached to an aromatic ring is 1. The summed E-state index contributed by atoms with van der Waals surface area (Å²) in [4.78, 5) is 11.9. The minimum atomic E-state index is -1.13. The van der Waals surface area contributed by atoms with Crippen LogP contribution in [0.15, 0.2) is 29.2 Å². The summed E-state index contributed by atoms with van der Waals surface area (Å²) in [7, 11) is -1.13. The van der Waals surface area contributed by atoms with E-state index in [1.807, 2.05) is 6.92 Å². The molecule has 0 spiro atoms. The standard InChI is InChI=1S/C11H16N2O2S/c1-2-13-11(14)7-8-16(15)10-5-3-9(12)4-6-10/h3-6H,2,7-8,12H2,1H3,(H,13,14).